The fraction of sp³-hybridized carbons (Fsp3) is 0.138. The molecule has 0 saturated carbocycles. The average molecular weight is 544 g/mol. The van der Waals surface area contributed by atoms with Crippen molar-refractivity contribution < 1.29 is 9.53 Å². The highest BCUT2D eigenvalue weighted by Crippen LogP contribution is 2.29. The molecular formula is C29H26ClN5O2S. The molecule has 0 atom stereocenters. The van der Waals surface area contributed by atoms with Crippen LogP contribution < -0.4 is 15.4 Å². The van der Waals surface area contributed by atoms with Crippen molar-refractivity contribution in [1.29, 1.82) is 0 Å². The van der Waals surface area contributed by atoms with Crippen LogP contribution in [0.4, 0.5) is 10.5 Å². The highest BCUT2D eigenvalue weighted by Gasteiger charge is 2.18. The van der Waals surface area contributed by atoms with Gasteiger partial charge in [-0.15, -0.1) is 10.2 Å². The molecule has 5 rings (SSSR count). The Bertz CT molecular complexity index is 1600. The minimum Gasteiger partial charge on any atom is -0.497 e. The summed E-state index contributed by atoms with van der Waals surface area (Å²) >= 11 is 7.91. The van der Waals surface area contributed by atoms with E-state index in [-0.39, 0.29) is 12.6 Å². The first-order valence-corrected chi connectivity index (χ1v) is 13.4. The summed E-state index contributed by atoms with van der Waals surface area (Å²) in [6, 6.07) is 27.0. The molecule has 0 aliphatic heterocycles. The third-order valence-corrected chi connectivity index (χ3v) is 7.29. The fourth-order valence-electron chi connectivity index (χ4n) is 4.14. The normalized spacial score (nSPS) is 10.9. The van der Waals surface area contributed by atoms with E-state index in [2.05, 4.69) is 20.8 Å². The van der Waals surface area contributed by atoms with Gasteiger partial charge in [0, 0.05) is 16.2 Å². The molecule has 4 aromatic carbocycles. The lowest BCUT2D eigenvalue weighted by molar-refractivity contribution is 0.251. The number of ether oxygens (including phenoxy) is 1. The molecule has 1 aromatic heterocycles. The van der Waals surface area contributed by atoms with Crippen molar-refractivity contribution in [3.63, 3.8) is 0 Å². The first kappa shape index (κ1) is 25.6. The SMILES string of the molecule is COc1cccc(CSc2nnc(CNC(=O)Nc3cccc4ccccc34)n2-c2cc(Cl)ccc2C)c1. The number of urea groups is 1. The van der Waals surface area contributed by atoms with Gasteiger partial charge in [0.2, 0.25) is 0 Å². The van der Waals surface area contributed by atoms with E-state index in [1.165, 1.54) is 0 Å². The number of nitrogens with zero attached hydrogens (tertiary/aromatic N) is 3. The van der Waals surface area contributed by atoms with Gasteiger partial charge in [0.05, 0.1) is 25.0 Å². The van der Waals surface area contributed by atoms with Gasteiger partial charge in [-0.3, -0.25) is 4.57 Å². The number of fused-ring (bicyclic) bond motifs is 1. The van der Waals surface area contributed by atoms with Crippen LogP contribution in [0, 0.1) is 6.92 Å². The van der Waals surface area contributed by atoms with Crippen LogP contribution in [0.3, 0.4) is 0 Å². The van der Waals surface area contributed by atoms with Crippen LogP contribution in [-0.4, -0.2) is 27.9 Å². The molecule has 1 heterocycles. The van der Waals surface area contributed by atoms with Gasteiger partial charge < -0.3 is 15.4 Å². The van der Waals surface area contributed by atoms with Crippen LogP contribution in [-0.2, 0) is 12.3 Å². The van der Waals surface area contributed by atoms with E-state index in [0.717, 1.165) is 39.0 Å². The molecule has 2 amide bonds. The third kappa shape index (κ3) is 5.77. The number of anilines is 1. The highest BCUT2D eigenvalue weighted by molar-refractivity contribution is 7.98. The Morgan fingerprint density at radius 2 is 1.82 bits per heavy atom. The minimum atomic E-state index is -0.329. The zero-order valence-electron chi connectivity index (χ0n) is 20.9. The van der Waals surface area contributed by atoms with Crippen molar-refractivity contribution in [2.24, 2.45) is 0 Å². The van der Waals surface area contributed by atoms with E-state index in [1.54, 1.807) is 18.9 Å². The van der Waals surface area contributed by atoms with E-state index in [4.69, 9.17) is 16.3 Å². The highest BCUT2D eigenvalue weighted by atomic mass is 35.5. The number of halogens is 1. The van der Waals surface area contributed by atoms with Crippen molar-refractivity contribution >= 4 is 45.9 Å². The second-order valence-electron chi connectivity index (χ2n) is 8.64. The number of hydrogen-bond acceptors (Lipinski definition) is 5. The topological polar surface area (TPSA) is 81.1 Å². The number of hydrogen-bond donors (Lipinski definition) is 2. The molecule has 38 heavy (non-hydrogen) atoms. The predicted molar refractivity (Wildman–Crippen MR) is 153 cm³/mol. The summed E-state index contributed by atoms with van der Waals surface area (Å²) in [4.78, 5) is 12.9. The molecule has 0 spiro atoms. The molecule has 7 nitrogen and oxygen atoms in total. The number of thioether (sulfide) groups is 1. The molecule has 2 N–H and O–H groups in total. The first-order valence-electron chi connectivity index (χ1n) is 12.0. The quantitative estimate of drug-likeness (QED) is 0.206. The molecule has 0 fully saturated rings. The summed E-state index contributed by atoms with van der Waals surface area (Å²) in [5, 5.41) is 18.1. The lowest BCUT2D eigenvalue weighted by Crippen LogP contribution is -2.29. The van der Waals surface area contributed by atoms with Gasteiger partial charge in [-0.05, 0) is 53.8 Å². The number of carbonyl (C=O) groups excluding carboxylic acids is 1. The Balaban J connectivity index is 1.37. The minimum absolute atomic E-state index is 0.176. The number of rotatable bonds is 8. The van der Waals surface area contributed by atoms with Crippen molar-refractivity contribution in [2.75, 3.05) is 12.4 Å². The number of nitrogens with one attached hydrogen (secondary N) is 2. The zero-order chi connectivity index (χ0) is 26.5. The van der Waals surface area contributed by atoms with Crippen LogP contribution in [0.25, 0.3) is 16.5 Å². The smallest absolute Gasteiger partial charge is 0.319 e. The predicted octanol–water partition coefficient (Wildman–Crippen LogP) is 7.00. The lowest BCUT2D eigenvalue weighted by Gasteiger charge is -2.14. The van der Waals surface area contributed by atoms with E-state index in [9.17, 15) is 4.79 Å². The third-order valence-electron chi connectivity index (χ3n) is 6.06. The fourth-order valence-corrected chi connectivity index (χ4v) is 5.22. The van der Waals surface area contributed by atoms with Gasteiger partial charge >= 0.3 is 6.03 Å². The number of carbonyl (C=O) groups is 1. The van der Waals surface area contributed by atoms with Crippen molar-refractivity contribution in [1.82, 2.24) is 20.1 Å². The monoisotopic (exact) mass is 543 g/mol. The Morgan fingerprint density at radius 3 is 2.68 bits per heavy atom. The molecule has 0 bridgehead atoms. The van der Waals surface area contributed by atoms with Crippen LogP contribution >= 0.6 is 23.4 Å². The van der Waals surface area contributed by atoms with E-state index in [1.807, 2.05) is 96.4 Å². The van der Waals surface area contributed by atoms with Crippen molar-refractivity contribution in [3.05, 3.63) is 107 Å². The summed E-state index contributed by atoms with van der Waals surface area (Å²) in [6.07, 6.45) is 0. The Morgan fingerprint density at radius 1 is 1.00 bits per heavy atom. The summed E-state index contributed by atoms with van der Waals surface area (Å²) in [6.45, 7) is 2.18. The van der Waals surface area contributed by atoms with Crippen LogP contribution in [0.1, 0.15) is 17.0 Å². The first-order chi connectivity index (χ1) is 18.5. The number of amides is 2. The largest absolute Gasteiger partial charge is 0.497 e. The summed E-state index contributed by atoms with van der Waals surface area (Å²) < 4.78 is 7.30. The lowest BCUT2D eigenvalue weighted by atomic mass is 10.1. The number of methoxy groups -OCH3 is 1. The van der Waals surface area contributed by atoms with Gasteiger partial charge in [0.15, 0.2) is 11.0 Å². The summed E-state index contributed by atoms with van der Waals surface area (Å²) in [5.41, 5.74) is 3.71. The van der Waals surface area contributed by atoms with Crippen LogP contribution in [0.5, 0.6) is 5.75 Å². The van der Waals surface area contributed by atoms with Gasteiger partial charge in [-0.25, -0.2) is 4.79 Å². The average Bonchev–Trinajstić information content (AvgIpc) is 3.35. The zero-order valence-corrected chi connectivity index (χ0v) is 22.5. The van der Waals surface area contributed by atoms with Gasteiger partial charge in [0.1, 0.15) is 5.75 Å². The standard InChI is InChI=1S/C29H26ClN5O2S/c1-19-13-14-22(30)16-26(19)35-27(33-34-29(35)38-18-20-7-5-10-23(15-20)37-2)17-31-28(36)32-25-12-6-9-21-8-3-4-11-24(21)25/h3-16H,17-18H2,1-2H3,(H2,31,32,36). The summed E-state index contributed by atoms with van der Waals surface area (Å²) in [5.74, 6) is 2.07. The van der Waals surface area contributed by atoms with Gasteiger partial charge in [0.25, 0.3) is 0 Å². The maximum Gasteiger partial charge on any atom is 0.319 e. The van der Waals surface area contributed by atoms with E-state index >= 15 is 0 Å². The molecule has 0 radical (unpaired) electrons. The van der Waals surface area contributed by atoms with E-state index < -0.39 is 0 Å². The molecular weight excluding hydrogens is 518 g/mol. The maximum atomic E-state index is 12.9. The second kappa shape index (κ2) is 11.6. The number of aryl methyl sites for hydroxylation is 1. The molecule has 0 saturated heterocycles. The molecule has 0 unspecified atom stereocenters. The molecule has 192 valence electrons. The van der Waals surface area contributed by atoms with Gasteiger partial charge in [-0.2, -0.15) is 0 Å². The molecule has 5 aromatic rings. The maximum absolute atomic E-state index is 12.9. The molecule has 0 aliphatic rings. The van der Waals surface area contributed by atoms with Crippen molar-refractivity contribution in [3.8, 4) is 11.4 Å². The Labute approximate surface area is 230 Å². The van der Waals surface area contributed by atoms with Gasteiger partial charge in [-0.1, -0.05) is 78.0 Å². The number of benzene rings is 4. The molecule has 9 heteroatoms. The molecule has 0 aliphatic carbocycles. The van der Waals surface area contributed by atoms with Crippen molar-refractivity contribution in [2.45, 2.75) is 24.4 Å². The Hall–Kier alpha value is -4.01. The van der Waals surface area contributed by atoms with E-state index in [0.29, 0.717) is 21.8 Å². The Kier molecular flexibility index (Phi) is 7.81. The summed E-state index contributed by atoms with van der Waals surface area (Å²) in [7, 11) is 1.65. The number of aromatic nitrogens is 3. The second-order valence-corrected chi connectivity index (χ2v) is 10.0. The van der Waals surface area contributed by atoms with Crippen LogP contribution in [0.15, 0.2) is 90.1 Å². The van der Waals surface area contributed by atoms with Crippen LogP contribution in [0.2, 0.25) is 5.02 Å².